The fourth-order valence-electron chi connectivity index (χ4n) is 4.62. The Hall–Kier alpha value is -3.48. The number of anilines is 1. The van der Waals surface area contributed by atoms with E-state index in [-0.39, 0.29) is 18.7 Å². The molecule has 4 aromatic rings. The van der Waals surface area contributed by atoms with E-state index in [9.17, 15) is 13.9 Å². The van der Waals surface area contributed by atoms with Crippen molar-refractivity contribution in [1.29, 1.82) is 0 Å². The van der Waals surface area contributed by atoms with Crippen LogP contribution in [0.25, 0.3) is 0 Å². The third-order valence-corrected chi connectivity index (χ3v) is 6.88. The van der Waals surface area contributed by atoms with Gasteiger partial charge in [0.1, 0.15) is 29.9 Å². The second-order valence-corrected chi connectivity index (χ2v) is 9.44. The summed E-state index contributed by atoms with van der Waals surface area (Å²) >= 11 is 6.35. The first-order valence-corrected chi connectivity index (χ1v) is 12.3. The van der Waals surface area contributed by atoms with Crippen molar-refractivity contribution in [2.75, 3.05) is 37.6 Å². The van der Waals surface area contributed by atoms with E-state index in [2.05, 4.69) is 35.4 Å². The molecule has 0 aliphatic carbocycles. The number of halogens is 3. The van der Waals surface area contributed by atoms with Gasteiger partial charge in [-0.1, -0.05) is 29.8 Å². The van der Waals surface area contributed by atoms with Gasteiger partial charge in [0.15, 0.2) is 5.82 Å². The Morgan fingerprint density at radius 1 is 1.03 bits per heavy atom. The van der Waals surface area contributed by atoms with Gasteiger partial charge in [-0.25, -0.2) is 23.1 Å². The number of aromatic nitrogens is 7. The molecule has 1 aliphatic rings. The van der Waals surface area contributed by atoms with Crippen LogP contribution >= 0.6 is 11.6 Å². The van der Waals surface area contributed by atoms with Gasteiger partial charge in [-0.05, 0) is 28.6 Å². The number of tetrazole rings is 1. The summed E-state index contributed by atoms with van der Waals surface area (Å²) in [6.07, 6.45) is 3.26. The van der Waals surface area contributed by atoms with Crippen LogP contribution in [0.4, 0.5) is 14.5 Å². The average Bonchev–Trinajstić information content (AvgIpc) is 3.55. The van der Waals surface area contributed by atoms with E-state index in [1.165, 1.54) is 28.1 Å². The van der Waals surface area contributed by atoms with Crippen molar-refractivity contribution in [3.8, 4) is 0 Å². The molecule has 37 heavy (non-hydrogen) atoms. The van der Waals surface area contributed by atoms with Crippen molar-refractivity contribution in [1.82, 2.24) is 39.9 Å². The lowest BCUT2D eigenvalue weighted by atomic mass is 9.92. The molecule has 1 atom stereocenters. The van der Waals surface area contributed by atoms with Crippen molar-refractivity contribution in [3.05, 3.63) is 83.2 Å². The summed E-state index contributed by atoms with van der Waals surface area (Å²) in [6, 6.07) is 10.9. The van der Waals surface area contributed by atoms with Crippen LogP contribution in [0.3, 0.4) is 0 Å². The molecule has 2 aromatic heterocycles. The molecule has 194 valence electrons. The first-order chi connectivity index (χ1) is 17.9. The van der Waals surface area contributed by atoms with Crippen LogP contribution in [0.1, 0.15) is 11.4 Å². The van der Waals surface area contributed by atoms with E-state index >= 15 is 0 Å². The number of aliphatic hydroxyl groups is 1. The average molecular weight is 530 g/mol. The molecule has 1 aliphatic heterocycles. The van der Waals surface area contributed by atoms with Crippen LogP contribution in [-0.2, 0) is 25.1 Å². The summed E-state index contributed by atoms with van der Waals surface area (Å²) in [6.45, 7) is 3.82. The zero-order chi connectivity index (χ0) is 25.8. The molecule has 0 bridgehead atoms. The predicted octanol–water partition coefficient (Wildman–Crippen LogP) is 2.15. The SMILES string of the molecule is OC(Cn1cncn1)(Cn1nnnc1CCN1CCN(c2ccccc2Cl)CC1)c1ccc(F)cc1F. The molecule has 1 unspecified atom stereocenters. The predicted molar refractivity (Wildman–Crippen MR) is 132 cm³/mol. The fraction of sp³-hybridized carbons (Fsp3) is 0.375. The van der Waals surface area contributed by atoms with Gasteiger partial charge in [-0.15, -0.1) is 5.10 Å². The summed E-state index contributed by atoms with van der Waals surface area (Å²) in [5, 5.41) is 28.3. The third kappa shape index (κ3) is 5.76. The number of benzene rings is 2. The highest BCUT2D eigenvalue weighted by molar-refractivity contribution is 6.33. The number of para-hydroxylation sites is 1. The molecule has 3 heterocycles. The van der Waals surface area contributed by atoms with Gasteiger partial charge in [0.2, 0.25) is 0 Å². The summed E-state index contributed by atoms with van der Waals surface area (Å²) in [4.78, 5) is 8.47. The molecule has 5 rings (SSSR count). The molecule has 0 spiro atoms. The lowest BCUT2D eigenvalue weighted by Crippen LogP contribution is -2.47. The Bertz CT molecular complexity index is 1330. The second kappa shape index (κ2) is 10.9. The van der Waals surface area contributed by atoms with Gasteiger partial charge in [0.05, 0.1) is 23.8 Å². The van der Waals surface area contributed by atoms with Crippen LogP contribution < -0.4 is 4.90 Å². The van der Waals surface area contributed by atoms with Crippen LogP contribution in [-0.4, -0.2) is 77.7 Å². The maximum absolute atomic E-state index is 14.7. The number of hydrogen-bond donors (Lipinski definition) is 1. The minimum absolute atomic E-state index is 0.0819. The Morgan fingerprint density at radius 3 is 2.57 bits per heavy atom. The highest BCUT2D eigenvalue weighted by Crippen LogP contribution is 2.29. The normalized spacial score (nSPS) is 16.2. The standard InChI is InChI=1S/C24H26ClF2N9O/c25-20-3-1-2-4-22(20)34-11-9-33(10-12-34)8-7-23-30-31-32-36(23)15-24(37,14-35-17-28-16-29-35)19-6-5-18(26)13-21(19)27/h1-6,13,16-17,37H,7-12,14-15H2. The number of piperazine rings is 1. The molecular weight excluding hydrogens is 504 g/mol. The van der Waals surface area contributed by atoms with Crippen molar-refractivity contribution in [2.24, 2.45) is 0 Å². The van der Waals surface area contributed by atoms with Gasteiger partial charge < -0.3 is 10.0 Å². The van der Waals surface area contributed by atoms with Crippen LogP contribution in [0.5, 0.6) is 0 Å². The zero-order valence-corrected chi connectivity index (χ0v) is 20.7. The van der Waals surface area contributed by atoms with Crippen molar-refractivity contribution >= 4 is 17.3 Å². The van der Waals surface area contributed by atoms with Crippen LogP contribution in [0.2, 0.25) is 5.02 Å². The lowest BCUT2D eigenvalue weighted by Gasteiger charge is -2.36. The molecular formula is C24H26ClF2N9O. The summed E-state index contributed by atoms with van der Waals surface area (Å²) in [5.41, 5.74) is -0.857. The molecule has 0 radical (unpaired) electrons. The largest absolute Gasteiger partial charge is 0.381 e. The molecule has 1 N–H and O–H groups in total. The lowest BCUT2D eigenvalue weighted by molar-refractivity contribution is -0.00975. The van der Waals surface area contributed by atoms with Crippen molar-refractivity contribution in [2.45, 2.75) is 25.1 Å². The maximum Gasteiger partial charge on any atom is 0.152 e. The number of nitrogens with zero attached hydrogens (tertiary/aromatic N) is 9. The van der Waals surface area contributed by atoms with E-state index in [1.54, 1.807) is 0 Å². The fourth-order valence-corrected chi connectivity index (χ4v) is 4.88. The quantitative estimate of drug-likeness (QED) is 0.352. The van der Waals surface area contributed by atoms with E-state index in [0.29, 0.717) is 18.8 Å². The molecule has 13 heteroatoms. The third-order valence-electron chi connectivity index (χ3n) is 6.56. The topological polar surface area (TPSA) is 101 Å². The minimum atomic E-state index is -1.81. The number of rotatable bonds is 9. The second-order valence-electron chi connectivity index (χ2n) is 9.03. The molecule has 0 saturated carbocycles. The molecule has 1 saturated heterocycles. The first kappa shape index (κ1) is 25.2. The Kier molecular flexibility index (Phi) is 7.40. The monoisotopic (exact) mass is 529 g/mol. The van der Waals surface area contributed by atoms with Gasteiger partial charge in [0.25, 0.3) is 0 Å². The number of hydrogen-bond acceptors (Lipinski definition) is 8. The van der Waals surface area contributed by atoms with Gasteiger partial charge in [-0.3, -0.25) is 4.90 Å². The van der Waals surface area contributed by atoms with E-state index < -0.39 is 17.2 Å². The van der Waals surface area contributed by atoms with Crippen molar-refractivity contribution < 1.29 is 13.9 Å². The smallest absolute Gasteiger partial charge is 0.152 e. The van der Waals surface area contributed by atoms with Crippen LogP contribution in [0.15, 0.2) is 55.1 Å². The Labute approximate surface area is 217 Å². The summed E-state index contributed by atoms with van der Waals surface area (Å²) in [7, 11) is 0. The van der Waals surface area contributed by atoms with Gasteiger partial charge in [0, 0.05) is 50.8 Å². The summed E-state index contributed by atoms with van der Waals surface area (Å²) in [5.74, 6) is -1.05. The van der Waals surface area contributed by atoms with Crippen LogP contribution in [0, 0.1) is 11.6 Å². The zero-order valence-electron chi connectivity index (χ0n) is 20.0. The van der Waals surface area contributed by atoms with Gasteiger partial charge >= 0.3 is 0 Å². The van der Waals surface area contributed by atoms with E-state index in [1.807, 2.05) is 24.3 Å². The molecule has 0 amide bonds. The van der Waals surface area contributed by atoms with Crippen molar-refractivity contribution in [3.63, 3.8) is 0 Å². The Balaban J connectivity index is 1.26. The molecule has 10 nitrogen and oxygen atoms in total. The first-order valence-electron chi connectivity index (χ1n) is 11.9. The Morgan fingerprint density at radius 2 is 1.84 bits per heavy atom. The molecule has 2 aromatic carbocycles. The van der Waals surface area contributed by atoms with E-state index in [4.69, 9.17) is 11.6 Å². The van der Waals surface area contributed by atoms with E-state index in [0.717, 1.165) is 49.0 Å². The minimum Gasteiger partial charge on any atom is -0.381 e. The summed E-state index contributed by atoms with van der Waals surface area (Å²) < 4.78 is 31.2. The maximum atomic E-state index is 14.7. The highest BCUT2D eigenvalue weighted by Gasteiger charge is 2.35. The van der Waals surface area contributed by atoms with Gasteiger partial charge in [-0.2, -0.15) is 5.10 Å². The highest BCUT2D eigenvalue weighted by atomic mass is 35.5. The molecule has 1 fully saturated rings.